The van der Waals surface area contributed by atoms with Crippen molar-refractivity contribution in [3.8, 4) is 0 Å². The van der Waals surface area contributed by atoms with E-state index in [2.05, 4.69) is 40.0 Å². The molecule has 19 heavy (non-hydrogen) atoms. The first-order valence-electron chi connectivity index (χ1n) is 6.67. The lowest BCUT2D eigenvalue weighted by molar-refractivity contribution is 0.195. The van der Waals surface area contributed by atoms with Crippen LogP contribution in [0, 0.1) is 0 Å². The Kier molecular flexibility index (Phi) is 5.18. The predicted octanol–water partition coefficient (Wildman–Crippen LogP) is 0.772. The number of hydrogen-bond donors (Lipinski definition) is 3. The van der Waals surface area contributed by atoms with Gasteiger partial charge in [-0.05, 0) is 24.0 Å². The van der Waals surface area contributed by atoms with Crippen LogP contribution in [-0.2, 0) is 11.2 Å². The highest BCUT2D eigenvalue weighted by Crippen LogP contribution is 2.34. The number of nitrogens with two attached hydrogens (primary N) is 1. The summed E-state index contributed by atoms with van der Waals surface area (Å²) < 4.78 is 4.99. The van der Waals surface area contributed by atoms with E-state index in [0.717, 1.165) is 32.5 Å². The topological polar surface area (TPSA) is 71.7 Å². The number of benzene rings is 1. The summed E-state index contributed by atoms with van der Waals surface area (Å²) in [6.45, 7) is 2.31. The summed E-state index contributed by atoms with van der Waals surface area (Å²) in [5.74, 6) is 6.63. The molecule has 2 rings (SSSR count). The molecule has 0 spiro atoms. The second-order valence-corrected chi connectivity index (χ2v) is 4.71. The Morgan fingerprint density at radius 1 is 1.47 bits per heavy atom. The molecule has 0 bridgehead atoms. The molecule has 0 aromatic heterocycles. The van der Waals surface area contributed by atoms with E-state index in [0.29, 0.717) is 11.9 Å². The molecule has 1 unspecified atom stereocenters. The molecule has 1 aromatic carbocycles. The van der Waals surface area contributed by atoms with Crippen molar-refractivity contribution in [2.45, 2.75) is 18.8 Å². The van der Waals surface area contributed by atoms with E-state index >= 15 is 0 Å². The highest BCUT2D eigenvalue weighted by Gasteiger charge is 2.24. The molecule has 0 radical (unpaired) electrons. The van der Waals surface area contributed by atoms with Crippen molar-refractivity contribution in [3.05, 3.63) is 35.4 Å². The summed E-state index contributed by atoms with van der Waals surface area (Å²) in [4.78, 5) is 4.49. The van der Waals surface area contributed by atoms with Gasteiger partial charge in [-0.15, -0.1) is 0 Å². The minimum atomic E-state index is 0.528. The Morgan fingerprint density at radius 2 is 2.32 bits per heavy atom. The molecule has 5 nitrogen and oxygen atoms in total. The van der Waals surface area contributed by atoms with Gasteiger partial charge in [-0.1, -0.05) is 24.3 Å². The van der Waals surface area contributed by atoms with Crippen LogP contribution in [0.2, 0.25) is 0 Å². The quantitative estimate of drug-likeness (QED) is 0.233. The number of nitrogens with zero attached hydrogens (tertiary/aromatic N) is 1. The highest BCUT2D eigenvalue weighted by molar-refractivity contribution is 5.79. The molecule has 0 aliphatic heterocycles. The maximum atomic E-state index is 5.45. The fourth-order valence-electron chi connectivity index (χ4n) is 2.30. The van der Waals surface area contributed by atoms with Gasteiger partial charge in [-0.2, -0.15) is 0 Å². The zero-order valence-corrected chi connectivity index (χ0v) is 11.4. The summed E-state index contributed by atoms with van der Waals surface area (Å²) in [6.07, 6.45) is 2.05. The molecule has 1 aromatic rings. The van der Waals surface area contributed by atoms with Crippen LogP contribution >= 0.6 is 0 Å². The Labute approximate surface area is 114 Å². The van der Waals surface area contributed by atoms with Gasteiger partial charge in [0.25, 0.3) is 0 Å². The van der Waals surface area contributed by atoms with Gasteiger partial charge < -0.3 is 10.1 Å². The van der Waals surface area contributed by atoms with Crippen LogP contribution in [0.1, 0.15) is 23.5 Å². The molecule has 0 saturated carbocycles. The number of nitrogens with one attached hydrogen (secondary N) is 2. The van der Waals surface area contributed by atoms with Crippen LogP contribution in [-0.4, -0.2) is 32.8 Å². The summed E-state index contributed by atoms with van der Waals surface area (Å²) in [7, 11) is 1.70. The standard InChI is InChI=1S/C14H22N4O/c1-19-8-4-7-16-14(18-15)17-10-12-9-11-5-2-3-6-13(11)12/h2-3,5-6,12H,4,7-10,15H2,1H3,(H2,16,17,18). The third-order valence-corrected chi connectivity index (χ3v) is 3.39. The first kappa shape index (κ1) is 13.8. The van der Waals surface area contributed by atoms with Crippen LogP contribution in [0.5, 0.6) is 0 Å². The van der Waals surface area contributed by atoms with Gasteiger partial charge in [0, 0.05) is 32.7 Å². The van der Waals surface area contributed by atoms with E-state index in [4.69, 9.17) is 10.6 Å². The van der Waals surface area contributed by atoms with Crippen molar-refractivity contribution in [3.63, 3.8) is 0 Å². The van der Waals surface area contributed by atoms with Crippen molar-refractivity contribution in [1.82, 2.24) is 10.7 Å². The summed E-state index contributed by atoms with van der Waals surface area (Å²) in [5, 5.41) is 3.17. The third-order valence-electron chi connectivity index (χ3n) is 3.39. The maximum Gasteiger partial charge on any atom is 0.205 e. The zero-order chi connectivity index (χ0) is 13.5. The van der Waals surface area contributed by atoms with Gasteiger partial charge in [-0.3, -0.25) is 10.4 Å². The van der Waals surface area contributed by atoms with Crippen molar-refractivity contribution >= 4 is 5.96 Å². The zero-order valence-electron chi connectivity index (χ0n) is 11.4. The first-order chi connectivity index (χ1) is 9.35. The van der Waals surface area contributed by atoms with Crippen molar-refractivity contribution in [1.29, 1.82) is 0 Å². The SMILES string of the molecule is COCCCNC(=NCC1Cc2ccccc21)NN. The largest absolute Gasteiger partial charge is 0.385 e. The van der Waals surface area contributed by atoms with Crippen LogP contribution in [0.15, 0.2) is 29.3 Å². The number of fused-ring (bicyclic) bond motifs is 1. The first-order valence-corrected chi connectivity index (χ1v) is 6.67. The normalized spacial score (nSPS) is 17.6. The van der Waals surface area contributed by atoms with Gasteiger partial charge in [-0.25, -0.2) is 5.84 Å². The number of rotatable bonds is 6. The van der Waals surface area contributed by atoms with E-state index in [9.17, 15) is 0 Å². The number of aliphatic imine (C=N–C) groups is 1. The lowest BCUT2D eigenvalue weighted by atomic mass is 9.78. The average Bonchev–Trinajstić information content (AvgIpc) is 2.42. The molecule has 1 atom stereocenters. The molecule has 0 fully saturated rings. The molecular weight excluding hydrogens is 240 g/mol. The second kappa shape index (κ2) is 7.11. The Bertz CT molecular complexity index is 433. The Hall–Kier alpha value is -1.59. The minimum absolute atomic E-state index is 0.528. The van der Waals surface area contributed by atoms with Gasteiger partial charge >= 0.3 is 0 Å². The number of guanidine groups is 1. The molecule has 104 valence electrons. The van der Waals surface area contributed by atoms with Crippen LogP contribution in [0.25, 0.3) is 0 Å². The highest BCUT2D eigenvalue weighted by atomic mass is 16.5. The molecule has 1 aliphatic rings. The lowest BCUT2D eigenvalue weighted by Crippen LogP contribution is -2.42. The number of ether oxygens (including phenoxy) is 1. The molecule has 0 amide bonds. The monoisotopic (exact) mass is 262 g/mol. The van der Waals surface area contributed by atoms with E-state index < -0.39 is 0 Å². The van der Waals surface area contributed by atoms with Crippen LogP contribution < -0.4 is 16.6 Å². The van der Waals surface area contributed by atoms with Crippen molar-refractivity contribution < 1.29 is 4.74 Å². The Balaban J connectivity index is 1.78. The number of hydrogen-bond acceptors (Lipinski definition) is 3. The van der Waals surface area contributed by atoms with Gasteiger partial charge in [0.1, 0.15) is 0 Å². The molecule has 0 heterocycles. The van der Waals surface area contributed by atoms with E-state index in [-0.39, 0.29) is 0 Å². The molecule has 4 N–H and O–H groups in total. The molecular formula is C14H22N4O. The Morgan fingerprint density at radius 3 is 3.05 bits per heavy atom. The number of methoxy groups -OCH3 is 1. The van der Waals surface area contributed by atoms with Crippen molar-refractivity contribution in [2.75, 3.05) is 26.8 Å². The summed E-state index contributed by atoms with van der Waals surface area (Å²) in [6, 6.07) is 8.53. The predicted molar refractivity (Wildman–Crippen MR) is 77.0 cm³/mol. The fraction of sp³-hybridized carbons (Fsp3) is 0.500. The van der Waals surface area contributed by atoms with E-state index in [1.54, 1.807) is 7.11 Å². The minimum Gasteiger partial charge on any atom is -0.385 e. The van der Waals surface area contributed by atoms with E-state index in [1.807, 2.05) is 0 Å². The van der Waals surface area contributed by atoms with Crippen LogP contribution in [0.4, 0.5) is 0 Å². The lowest BCUT2D eigenvalue weighted by Gasteiger charge is -2.28. The van der Waals surface area contributed by atoms with Gasteiger partial charge in [0.15, 0.2) is 0 Å². The third kappa shape index (κ3) is 3.68. The summed E-state index contributed by atoms with van der Waals surface area (Å²) >= 11 is 0. The molecule has 1 aliphatic carbocycles. The molecule has 5 heteroatoms. The van der Waals surface area contributed by atoms with Gasteiger partial charge in [0.2, 0.25) is 5.96 Å². The maximum absolute atomic E-state index is 5.45. The smallest absolute Gasteiger partial charge is 0.205 e. The van der Waals surface area contributed by atoms with Crippen LogP contribution in [0.3, 0.4) is 0 Å². The summed E-state index contributed by atoms with van der Waals surface area (Å²) in [5.41, 5.74) is 5.47. The average molecular weight is 262 g/mol. The molecule has 0 saturated heterocycles. The van der Waals surface area contributed by atoms with E-state index in [1.165, 1.54) is 11.1 Å². The van der Waals surface area contributed by atoms with Gasteiger partial charge in [0.05, 0.1) is 0 Å². The number of hydrazine groups is 1. The second-order valence-electron chi connectivity index (χ2n) is 4.71. The van der Waals surface area contributed by atoms with Crippen molar-refractivity contribution in [2.24, 2.45) is 10.8 Å². The fourth-order valence-corrected chi connectivity index (χ4v) is 2.30.